The van der Waals surface area contributed by atoms with E-state index in [1.165, 1.54) is 12.8 Å². The molecule has 0 bridgehead atoms. The Balaban J connectivity index is 1.62. The molecule has 0 aromatic heterocycles. The van der Waals surface area contributed by atoms with Gasteiger partial charge in [0.2, 0.25) is 0 Å². The fraction of sp³-hybridized carbons (Fsp3) is 0.300. The zero-order chi connectivity index (χ0) is 17.6. The van der Waals surface area contributed by atoms with Gasteiger partial charge in [0.25, 0.3) is 11.8 Å². The van der Waals surface area contributed by atoms with Crippen molar-refractivity contribution in [2.24, 2.45) is 0 Å². The van der Waals surface area contributed by atoms with Crippen LogP contribution < -0.4 is 15.4 Å². The minimum Gasteiger partial charge on any atom is -0.497 e. The van der Waals surface area contributed by atoms with Crippen molar-refractivity contribution in [2.45, 2.75) is 31.7 Å². The Kier molecular flexibility index (Phi) is 5.33. The minimum absolute atomic E-state index is 0.0772. The van der Waals surface area contributed by atoms with Gasteiger partial charge in [-0.1, -0.05) is 18.9 Å². The average molecular weight is 338 g/mol. The van der Waals surface area contributed by atoms with E-state index in [9.17, 15) is 9.59 Å². The van der Waals surface area contributed by atoms with Gasteiger partial charge in [0, 0.05) is 28.9 Å². The van der Waals surface area contributed by atoms with Crippen LogP contribution in [0.15, 0.2) is 48.5 Å². The van der Waals surface area contributed by atoms with Crippen LogP contribution in [0.3, 0.4) is 0 Å². The predicted molar refractivity (Wildman–Crippen MR) is 97.1 cm³/mol. The summed E-state index contributed by atoms with van der Waals surface area (Å²) < 4.78 is 5.14. The number of ether oxygens (including phenoxy) is 1. The highest BCUT2D eigenvalue weighted by atomic mass is 16.5. The standard InChI is InChI=1S/C20H22N2O3/c1-25-18-8-4-7-17(13-18)22-20(24)15-11-9-14(10-12-15)19(23)21-16-5-2-3-6-16/h4,7-13,16H,2-3,5-6H2,1H3,(H,21,23)(H,22,24). The zero-order valence-electron chi connectivity index (χ0n) is 14.2. The molecule has 2 amide bonds. The molecule has 2 N–H and O–H groups in total. The lowest BCUT2D eigenvalue weighted by Gasteiger charge is -2.12. The fourth-order valence-electron chi connectivity index (χ4n) is 3.02. The Morgan fingerprint density at radius 1 is 0.960 bits per heavy atom. The third-order valence-corrected chi connectivity index (χ3v) is 4.43. The highest BCUT2D eigenvalue weighted by Gasteiger charge is 2.18. The summed E-state index contributed by atoms with van der Waals surface area (Å²) in [6.07, 6.45) is 4.45. The Hall–Kier alpha value is -2.82. The maximum Gasteiger partial charge on any atom is 0.255 e. The molecule has 1 aliphatic rings. The van der Waals surface area contributed by atoms with Crippen molar-refractivity contribution in [3.05, 3.63) is 59.7 Å². The van der Waals surface area contributed by atoms with Gasteiger partial charge in [-0.3, -0.25) is 9.59 Å². The van der Waals surface area contributed by atoms with E-state index in [1.807, 2.05) is 12.1 Å². The van der Waals surface area contributed by atoms with E-state index in [0.717, 1.165) is 12.8 Å². The van der Waals surface area contributed by atoms with Crippen molar-refractivity contribution < 1.29 is 14.3 Å². The van der Waals surface area contributed by atoms with Crippen LogP contribution in [-0.4, -0.2) is 25.0 Å². The van der Waals surface area contributed by atoms with Gasteiger partial charge in [-0.15, -0.1) is 0 Å². The number of hydrogen-bond acceptors (Lipinski definition) is 3. The first-order valence-electron chi connectivity index (χ1n) is 8.52. The van der Waals surface area contributed by atoms with E-state index >= 15 is 0 Å². The third kappa shape index (κ3) is 4.38. The normalized spacial score (nSPS) is 14.1. The topological polar surface area (TPSA) is 67.4 Å². The number of carbonyl (C=O) groups excluding carboxylic acids is 2. The van der Waals surface area contributed by atoms with E-state index in [0.29, 0.717) is 22.6 Å². The van der Waals surface area contributed by atoms with Crippen molar-refractivity contribution in [1.82, 2.24) is 5.32 Å². The molecule has 0 spiro atoms. The highest BCUT2D eigenvalue weighted by molar-refractivity contribution is 6.05. The summed E-state index contributed by atoms with van der Waals surface area (Å²) in [6.45, 7) is 0. The summed E-state index contributed by atoms with van der Waals surface area (Å²) in [4.78, 5) is 24.5. The molecule has 1 saturated carbocycles. The second-order valence-electron chi connectivity index (χ2n) is 6.22. The number of benzene rings is 2. The lowest BCUT2D eigenvalue weighted by atomic mass is 10.1. The Labute approximate surface area is 147 Å². The molecule has 130 valence electrons. The number of anilines is 1. The second-order valence-corrected chi connectivity index (χ2v) is 6.22. The Morgan fingerprint density at radius 2 is 1.60 bits per heavy atom. The van der Waals surface area contributed by atoms with Crippen LogP contribution in [0.2, 0.25) is 0 Å². The third-order valence-electron chi connectivity index (χ3n) is 4.43. The van der Waals surface area contributed by atoms with E-state index in [4.69, 9.17) is 4.74 Å². The van der Waals surface area contributed by atoms with Gasteiger partial charge in [0.15, 0.2) is 0 Å². The first-order valence-corrected chi connectivity index (χ1v) is 8.52. The smallest absolute Gasteiger partial charge is 0.255 e. The van der Waals surface area contributed by atoms with Gasteiger partial charge in [0.1, 0.15) is 5.75 Å². The molecule has 5 nitrogen and oxygen atoms in total. The molecule has 25 heavy (non-hydrogen) atoms. The van der Waals surface area contributed by atoms with Gasteiger partial charge >= 0.3 is 0 Å². The molecule has 3 rings (SSSR count). The highest BCUT2D eigenvalue weighted by Crippen LogP contribution is 2.19. The van der Waals surface area contributed by atoms with Crippen LogP contribution in [0, 0.1) is 0 Å². The van der Waals surface area contributed by atoms with Crippen LogP contribution in [0.1, 0.15) is 46.4 Å². The van der Waals surface area contributed by atoms with Gasteiger partial charge < -0.3 is 15.4 Å². The SMILES string of the molecule is COc1cccc(NC(=O)c2ccc(C(=O)NC3CCCC3)cc2)c1. The summed E-state index contributed by atoms with van der Waals surface area (Å²) in [6, 6.07) is 14.2. The van der Waals surface area contributed by atoms with Crippen molar-refractivity contribution in [2.75, 3.05) is 12.4 Å². The molecule has 0 heterocycles. The molecule has 0 atom stereocenters. The molecule has 0 unspecified atom stereocenters. The second kappa shape index (κ2) is 7.83. The van der Waals surface area contributed by atoms with Crippen molar-refractivity contribution in [3.8, 4) is 5.75 Å². The molecule has 0 aliphatic heterocycles. The largest absolute Gasteiger partial charge is 0.497 e. The molecule has 0 saturated heterocycles. The van der Waals surface area contributed by atoms with Gasteiger partial charge in [-0.05, 0) is 49.2 Å². The first-order chi connectivity index (χ1) is 12.2. The number of carbonyl (C=O) groups is 2. The molecule has 1 fully saturated rings. The van der Waals surface area contributed by atoms with E-state index in [-0.39, 0.29) is 17.9 Å². The maximum absolute atomic E-state index is 12.3. The number of hydrogen-bond donors (Lipinski definition) is 2. The van der Waals surface area contributed by atoms with E-state index < -0.39 is 0 Å². The number of methoxy groups -OCH3 is 1. The van der Waals surface area contributed by atoms with Crippen LogP contribution in [0.4, 0.5) is 5.69 Å². The van der Waals surface area contributed by atoms with Crippen LogP contribution in [-0.2, 0) is 0 Å². The summed E-state index contributed by atoms with van der Waals surface area (Å²) in [5.74, 6) is 0.374. The number of nitrogens with one attached hydrogen (secondary N) is 2. The fourth-order valence-corrected chi connectivity index (χ4v) is 3.02. The quantitative estimate of drug-likeness (QED) is 0.875. The Bertz CT molecular complexity index is 750. The summed E-state index contributed by atoms with van der Waals surface area (Å²) in [5.41, 5.74) is 1.73. The molecule has 5 heteroatoms. The molecule has 1 aliphatic carbocycles. The molecule has 2 aromatic carbocycles. The maximum atomic E-state index is 12.3. The average Bonchev–Trinajstić information content (AvgIpc) is 3.15. The monoisotopic (exact) mass is 338 g/mol. The van der Waals surface area contributed by atoms with Crippen LogP contribution >= 0.6 is 0 Å². The molecule has 0 radical (unpaired) electrons. The molecular formula is C20H22N2O3. The van der Waals surface area contributed by atoms with Crippen molar-refractivity contribution >= 4 is 17.5 Å². The molecular weight excluding hydrogens is 316 g/mol. The molecule has 2 aromatic rings. The Morgan fingerprint density at radius 3 is 2.24 bits per heavy atom. The van der Waals surface area contributed by atoms with E-state index in [1.54, 1.807) is 43.5 Å². The van der Waals surface area contributed by atoms with Gasteiger partial charge in [-0.25, -0.2) is 0 Å². The van der Waals surface area contributed by atoms with Crippen LogP contribution in [0.25, 0.3) is 0 Å². The van der Waals surface area contributed by atoms with Gasteiger partial charge in [-0.2, -0.15) is 0 Å². The zero-order valence-corrected chi connectivity index (χ0v) is 14.2. The summed E-state index contributed by atoms with van der Waals surface area (Å²) in [7, 11) is 1.58. The van der Waals surface area contributed by atoms with Crippen molar-refractivity contribution in [1.29, 1.82) is 0 Å². The lowest BCUT2D eigenvalue weighted by Crippen LogP contribution is -2.32. The van der Waals surface area contributed by atoms with Crippen LogP contribution in [0.5, 0.6) is 5.75 Å². The van der Waals surface area contributed by atoms with E-state index in [2.05, 4.69) is 10.6 Å². The summed E-state index contributed by atoms with van der Waals surface area (Å²) in [5, 5.41) is 5.86. The van der Waals surface area contributed by atoms with Gasteiger partial charge in [0.05, 0.1) is 7.11 Å². The first kappa shape index (κ1) is 17.0. The number of rotatable bonds is 5. The predicted octanol–water partition coefficient (Wildman–Crippen LogP) is 3.62. The lowest BCUT2D eigenvalue weighted by molar-refractivity contribution is 0.0936. The number of amides is 2. The summed E-state index contributed by atoms with van der Waals surface area (Å²) >= 11 is 0. The minimum atomic E-state index is -0.226. The van der Waals surface area contributed by atoms with Crippen molar-refractivity contribution in [3.63, 3.8) is 0 Å².